The Morgan fingerprint density at radius 2 is 2.00 bits per heavy atom. The molecule has 0 aliphatic rings. The van der Waals surface area contributed by atoms with Crippen molar-refractivity contribution < 1.29 is 19.4 Å². The van der Waals surface area contributed by atoms with Gasteiger partial charge in [0.25, 0.3) is 0 Å². The summed E-state index contributed by atoms with van der Waals surface area (Å²) in [7, 11) is 3.01. The van der Waals surface area contributed by atoms with Gasteiger partial charge < -0.3 is 14.6 Å². The first-order valence-electron chi connectivity index (χ1n) is 4.52. The minimum Gasteiger partial charge on any atom is -0.493 e. The second-order valence-electron chi connectivity index (χ2n) is 2.99. The number of carboxylic acids is 1. The van der Waals surface area contributed by atoms with E-state index in [1.807, 2.05) is 0 Å². The number of carboxylic acid groups (broad SMARTS) is 1. The molecule has 0 radical (unpaired) electrons. The molecule has 0 amide bonds. The van der Waals surface area contributed by atoms with E-state index >= 15 is 0 Å². The van der Waals surface area contributed by atoms with Crippen molar-refractivity contribution in [1.82, 2.24) is 0 Å². The van der Waals surface area contributed by atoms with E-state index in [2.05, 4.69) is 31.9 Å². The molecule has 0 spiro atoms. The van der Waals surface area contributed by atoms with E-state index in [4.69, 9.17) is 14.6 Å². The highest BCUT2D eigenvalue weighted by Gasteiger charge is 2.15. The van der Waals surface area contributed by atoms with Crippen LogP contribution in [0.25, 0.3) is 6.08 Å². The van der Waals surface area contributed by atoms with Crippen LogP contribution in [0.5, 0.6) is 11.5 Å². The van der Waals surface area contributed by atoms with Crippen LogP contribution in [-0.4, -0.2) is 25.3 Å². The Labute approximate surface area is 115 Å². The minimum absolute atomic E-state index is 0.472. The summed E-state index contributed by atoms with van der Waals surface area (Å²) in [5.74, 6) is -0.0365. The molecule has 1 N–H and O–H groups in total. The lowest BCUT2D eigenvalue weighted by atomic mass is 10.1. The lowest BCUT2D eigenvalue weighted by Gasteiger charge is -2.13. The van der Waals surface area contributed by atoms with E-state index in [0.29, 0.717) is 21.5 Å². The van der Waals surface area contributed by atoms with Gasteiger partial charge in [0, 0.05) is 20.6 Å². The van der Waals surface area contributed by atoms with Crippen LogP contribution in [0.3, 0.4) is 0 Å². The van der Waals surface area contributed by atoms with Crippen molar-refractivity contribution in [1.29, 1.82) is 0 Å². The van der Waals surface area contributed by atoms with Crippen LogP contribution in [-0.2, 0) is 4.79 Å². The molecular weight excluding hydrogens is 356 g/mol. The van der Waals surface area contributed by atoms with Gasteiger partial charge in [0.05, 0.1) is 14.2 Å². The highest BCUT2D eigenvalue weighted by atomic mass is 79.9. The molecule has 0 saturated heterocycles. The van der Waals surface area contributed by atoms with Crippen molar-refractivity contribution in [2.75, 3.05) is 14.2 Å². The zero-order valence-electron chi connectivity index (χ0n) is 9.16. The SMILES string of the molecule is COc1cc(Br)c(Br)c(/C=C/C(=O)O)c1OC. The fourth-order valence-electron chi connectivity index (χ4n) is 1.27. The second kappa shape index (κ2) is 6.07. The topological polar surface area (TPSA) is 55.8 Å². The fourth-order valence-corrected chi connectivity index (χ4v) is 2.12. The van der Waals surface area contributed by atoms with Gasteiger partial charge in [-0.3, -0.25) is 0 Å². The first-order chi connectivity index (χ1) is 8.01. The Morgan fingerprint density at radius 3 is 2.47 bits per heavy atom. The number of carbonyl (C=O) groups is 1. The largest absolute Gasteiger partial charge is 0.493 e. The number of halogens is 2. The molecule has 0 heterocycles. The predicted molar refractivity (Wildman–Crippen MR) is 71.6 cm³/mol. The molecular formula is C11H10Br2O4. The second-order valence-corrected chi connectivity index (χ2v) is 4.64. The molecule has 0 aromatic heterocycles. The molecule has 1 rings (SSSR count). The number of rotatable bonds is 4. The smallest absolute Gasteiger partial charge is 0.328 e. The molecule has 0 bridgehead atoms. The van der Waals surface area contributed by atoms with Crippen molar-refractivity contribution in [3.8, 4) is 11.5 Å². The maximum absolute atomic E-state index is 10.5. The van der Waals surface area contributed by atoms with Crippen molar-refractivity contribution >= 4 is 43.9 Å². The normalized spacial score (nSPS) is 10.6. The van der Waals surface area contributed by atoms with Crippen LogP contribution in [0, 0.1) is 0 Å². The van der Waals surface area contributed by atoms with Gasteiger partial charge in [0.1, 0.15) is 0 Å². The molecule has 0 saturated carbocycles. The number of methoxy groups -OCH3 is 2. The van der Waals surface area contributed by atoms with Crippen LogP contribution in [0.2, 0.25) is 0 Å². The summed E-state index contributed by atoms with van der Waals surface area (Å²) >= 11 is 6.70. The monoisotopic (exact) mass is 364 g/mol. The van der Waals surface area contributed by atoms with Crippen LogP contribution >= 0.6 is 31.9 Å². The molecule has 1 aromatic carbocycles. The predicted octanol–water partition coefficient (Wildman–Crippen LogP) is 3.33. The van der Waals surface area contributed by atoms with Gasteiger partial charge in [-0.15, -0.1) is 0 Å². The molecule has 0 unspecified atom stereocenters. The van der Waals surface area contributed by atoms with Crippen molar-refractivity contribution in [3.63, 3.8) is 0 Å². The molecule has 0 aliphatic heterocycles. The molecule has 4 nitrogen and oxygen atoms in total. The highest BCUT2D eigenvalue weighted by molar-refractivity contribution is 9.13. The Bertz CT molecular complexity index is 469. The van der Waals surface area contributed by atoms with E-state index < -0.39 is 5.97 Å². The van der Waals surface area contributed by atoms with Crippen molar-refractivity contribution in [2.24, 2.45) is 0 Å². The third-order valence-electron chi connectivity index (χ3n) is 1.99. The molecule has 6 heteroatoms. The van der Waals surface area contributed by atoms with Gasteiger partial charge >= 0.3 is 5.97 Å². The van der Waals surface area contributed by atoms with Gasteiger partial charge in [-0.25, -0.2) is 4.79 Å². The Morgan fingerprint density at radius 1 is 1.35 bits per heavy atom. The van der Waals surface area contributed by atoms with E-state index in [-0.39, 0.29) is 0 Å². The summed E-state index contributed by atoms with van der Waals surface area (Å²) < 4.78 is 11.8. The summed E-state index contributed by atoms with van der Waals surface area (Å²) in [6.45, 7) is 0. The van der Waals surface area contributed by atoms with Gasteiger partial charge in [-0.05, 0) is 44.0 Å². The van der Waals surface area contributed by atoms with E-state index in [1.54, 1.807) is 6.07 Å². The molecule has 17 heavy (non-hydrogen) atoms. The summed E-state index contributed by atoms with van der Waals surface area (Å²) in [6, 6.07) is 1.74. The molecule has 92 valence electrons. The number of ether oxygens (including phenoxy) is 2. The minimum atomic E-state index is -1.03. The average Bonchev–Trinajstić information content (AvgIpc) is 2.29. The first-order valence-corrected chi connectivity index (χ1v) is 6.10. The summed E-state index contributed by atoms with van der Waals surface area (Å²) in [4.78, 5) is 10.5. The Kier molecular flexibility index (Phi) is 5.02. The number of hydrogen-bond donors (Lipinski definition) is 1. The number of hydrogen-bond acceptors (Lipinski definition) is 3. The third-order valence-corrected chi connectivity index (χ3v) is 4.00. The lowest BCUT2D eigenvalue weighted by Crippen LogP contribution is -1.95. The lowest BCUT2D eigenvalue weighted by molar-refractivity contribution is -0.131. The van der Waals surface area contributed by atoms with E-state index in [9.17, 15) is 4.79 Å². The quantitative estimate of drug-likeness (QED) is 0.831. The standard InChI is InChI=1S/C11H10Br2O4/c1-16-8-5-7(12)10(13)6(11(8)17-2)3-4-9(14)15/h3-5H,1-2H3,(H,14,15)/b4-3+. The molecule has 1 aromatic rings. The highest BCUT2D eigenvalue weighted by Crippen LogP contribution is 2.41. The van der Waals surface area contributed by atoms with Crippen LogP contribution in [0.1, 0.15) is 5.56 Å². The first kappa shape index (κ1) is 14.1. The van der Waals surface area contributed by atoms with Gasteiger partial charge in [0.2, 0.25) is 0 Å². The zero-order valence-corrected chi connectivity index (χ0v) is 12.3. The van der Waals surface area contributed by atoms with Crippen molar-refractivity contribution in [3.05, 3.63) is 26.7 Å². The summed E-state index contributed by atoms with van der Waals surface area (Å²) in [6.07, 6.45) is 2.48. The Balaban J connectivity index is 3.43. The molecule has 0 atom stereocenters. The number of benzene rings is 1. The third kappa shape index (κ3) is 3.23. The molecule has 0 aliphatic carbocycles. The maximum Gasteiger partial charge on any atom is 0.328 e. The maximum atomic E-state index is 10.5. The van der Waals surface area contributed by atoms with Gasteiger partial charge in [0.15, 0.2) is 11.5 Å². The van der Waals surface area contributed by atoms with E-state index in [0.717, 1.165) is 10.5 Å². The summed E-state index contributed by atoms with van der Waals surface area (Å²) in [5.41, 5.74) is 0.598. The van der Waals surface area contributed by atoms with Gasteiger partial charge in [-0.1, -0.05) is 0 Å². The van der Waals surface area contributed by atoms with E-state index in [1.165, 1.54) is 20.3 Å². The zero-order chi connectivity index (χ0) is 13.0. The Hall–Kier alpha value is -1.01. The van der Waals surface area contributed by atoms with Crippen LogP contribution in [0.15, 0.2) is 21.1 Å². The average molecular weight is 366 g/mol. The molecule has 0 fully saturated rings. The van der Waals surface area contributed by atoms with Crippen LogP contribution in [0.4, 0.5) is 0 Å². The van der Waals surface area contributed by atoms with Crippen molar-refractivity contribution in [2.45, 2.75) is 0 Å². The fraction of sp³-hybridized carbons (Fsp3) is 0.182. The van der Waals surface area contributed by atoms with Crippen LogP contribution < -0.4 is 9.47 Å². The van der Waals surface area contributed by atoms with Gasteiger partial charge in [-0.2, -0.15) is 0 Å². The summed E-state index contributed by atoms with van der Waals surface area (Å²) in [5, 5.41) is 8.64. The number of aliphatic carboxylic acids is 1.